The molecule has 1 aliphatic rings. The van der Waals surface area contributed by atoms with Gasteiger partial charge in [-0.05, 0) is 92.9 Å². The topological polar surface area (TPSA) is 35.6 Å². The van der Waals surface area contributed by atoms with E-state index in [1.807, 2.05) is 0 Å². The molecule has 0 unspecified atom stereocenters. The average Bonchev–Trinajstić information content (AvgIpc) is 3.94. The fraction of sp³-hybridized carbons (Fsp3) is 0.0345. The van der Waals surface area contributed by atoms with E-state index < -0.39 is 8.07 Å². The van der Waals surface area contributed by atoms with Crippen molar-refractivity contribution >= 4 is 72.8 Å². The van der Waals surface area contributed by atoms with Crippen molar-refractivity contribution in [3.05, 3.63) is 206 Å². The van der Waals surface area contributed by atoms with Crippen LogP contribution in [0.2, 0.25) is 13.1 Å². The van der Waals surface area contributed by atoms with E-state index in [1.165, 1.54) is 64.9 Å². The molecule has 0 saturated carbocycles. The molecule has 0 amide bonds. The van der Waals surface area contributed by atoms with Crippen molar-refractivity contribution in [2.45, 2.75) is 13.1 Å². The van der Waals surface area contributed by atoms with Crippen LogP contribution in [0.3, 0.4) is 0 Å². The zero-order valence-corrected chi connectivity index (χ0v) is 35.9. The number of hydrogen-bond donors (Lipinski definition) is 0. The van der Waals surface area contributed by atoms with E-state index in [0.717, 1.165) is 50.5 Å². The van der Waals surface area contributed by atoms with Gasteiger partial charge in [-0.25, -0.2) is 9.97 Å². The molecule has 4 nitrogen and oxygen atoms in total. The van der Waals surface area contributed by atoms with E-state index in [9.17, 15) is 0 Å². The van der Waals surface area contributed by atoms with E-state index >= 15 is 0 Å². The standard InChI is InChI=1S/C58H40N4Si/c1-63(2)54-29-17-14-25-42(54)44-32-31-43-47(35-53-55(56(43)57(44)63)45-26-13-16-28-51(45)62(53)40-22-10-5-11-23-40)58-59-48(37-18-6-3-7-19-37)36-49(60-58)38-30-33-52-46(34-38)41-24-12-15-27-50(41)61(52)39-20-8-4-9-21-39/h3-36H,1-2H3. The highest BCUT2D eigenvalue weighted by Gasteiger charge is 2.40. The van der Waals surface area contributed by atoms with Crippen molar-refractivity contribution in [2.24, 2.45) is 0 Å². The summed E-state index contributed by atoms with van der Waals surface area (Å²) in [5.41, 5.74) is 14.6. The van der Waals surface area contributed by atoms with E-state index in [4.69, 9.17) is 9.97 Å². The normalized spacial score (nSPS) is 13.0. The molecule has 0 atom stereocenters. The summed E-state index contributed by atoms with van der Waals surface area (Å²) in [4.78, 5) is 11.1. The minimum Gasteiger partial charge on any atom is -0.309 e. The van der Waals surface area contributed by atoms with Crippen LogP contribution in [0, 0.1) is 0 Å². The second-order valence-corrected chi connectivity index (χ2v) is 21.6. The fourth-order valence-corrected chi connectivity index (χ4v) is 14.2. The lowest BCUT2D eigenvalue weighted by Crippen LogP contribution is -2.49. The molecule has 0 N–H and O–H groups in total. The highest BCUT2D eigenvalue weighted by atomic mass is 28.3. The first kappa shape index (κ1) is 35.9. The number of fused-ring (bicyclic) bond motifs is 12. The van der Waals surface area contributed by atoms with Gasteiger partial charge in [-0.2, -0.15) is 0 Å². The number of rotatable bonds is 5. The fourth-order valence-electron chi connectivity index (χ4n) is 10.7. The zero-order valence-electron chi connectivity index (χ0n) is 34.9. The predicted octanol–water partition coefficient (Wildman–Crippen LogP) is 13.6. The van der Waals surface area contributed by atoms with Gasteiger partial charge in [-0.3, -0.25) is 0 Å². The van der Waals surface area contributed by atoms with Crippen LogP contribution in [0.15, 0.2) is 206 Å². The number of para-hydroxylation sites is 4. The van der Waals surface area contributed by atoms with Gasteiger partial charge in [0, 0.05) is 49.6 Å². The van der Waals surface area contributed by atoms with Crippen LogP contribution in [-0.2, 0) is 0 Å². The number of nitrogens with zero attached hydrogens (tertiary/aromatic N) is 4. The minimum atomic E-state index is -2.19. The first-order chi connectivity index (χ1) is 31.0. The Hall–Kier alpha value is -7.86. The molecule has 5 heteroatoms. The SMILES string of the molecule is C[Si]1(C)c2ccccc2-c2ccc3c(-c4nc(-c5ccccc5)cc(-c5ccc6c(c5)c5ccccc5n6-c5ccccc5)n4)cc4c(c5ccccc5n4-c4ccccc4)c3c21. The van der Waals surface area contributed by atoms with Crippen LogP contribution in [-0.4, -0.2) is 27.2 Å². The molecule has 1 aliphatic heterocycles. The third kappa shape index (κ3) is 5.27. The smallest absolute Gasteiger partial charge is 0.161 e. The summed E-state index contributed by atoms with van der Waals surface area (Å²) in [5, 5.41) is 10.4. The summed E-state index contributed by atoms with van der Waals surface area (Å²) in [6.07, 6.45) is 0. The first-order valence-corrected chi connectivity index (χ1v) is 24.8. The maximum Gasteiger partial charge on any atom is 0.161 e. The molecule has 0 spiro atoms. The lowest BCUT2D eigenvalue weighted by atomic mass is 9.94. The Balaban J connectivity index is 1.14. The molecule has 63 heavy (non-hydrogen) atoms. The van der Waals surface area contributed by atoms with Gasteiger partial charge in [-0.1, -0.05) is 159 Å². The van der Waals surface area contributed by atoms with Gasteiger partial charge in [0.25, 0.3) is 0 Å². The van der Waals surface area contributed by atoms with Gasteiger partial charge in [0.2, 0.25) is 0 Å². The van der Waals surface area contributed by atoms with E-state index in [0.29, 0.717) is 5.82 Å². The molecule has 12 aromatic rings. The molecule has 0 aliphatic carbocycles. The van der Waals surface area contributed by atoms with Gasteiger partial charge in [0.15, 0.2) is 5.82 Å². The Morgan fingerprint density at radius 3 is 1.67 bits per heavy atom. The molecular weight excluding hydrogens is 781 g/mol. The second-order valence-electron chi connectivity index (χ2n) is 17.3. The molecular formula is C58H40N4Si. The van der Waals surface area contributed by atoms with E-state index in [-0.39, 0.29) is 0 Å². The number of hydrogen-bond acceptors (Lipinski definition) is 2. The highest BCUT2D eigenvalue weighted by molar-refractivity contribution is 7.05. The van der Waals surface area contributed by atoms with Gasteiger partial charge in [0.05, 0.1) is 33.5 Å². The lowest BCUT2D eigenvalue weighted by Gasteiger charge is -2.22. The maximum absolute atomic E-state index is 5.62. The van der Waals surface area contributed by atoms with Crippen molar-refractivity contribution in [3.8, 4) is 56.4 Å². The third-order valence-corrected chi connectivity index (χ3v) is 17.0. The first-order valence-electron chi connectivity index (χ1n) is 21.8. The second kappa shape index (κ2) is 13.6. The largest absolute Gasteiger partial charge is 0.309 e. The van der Waals surface area contributed by atoms with Crippen LogP contribution >= 0.6 is 0 Å². The Kier molecular flexibility index (Phi) is 7.72. The van der Waals surface area contributed by atoms with E-state index in [1.54, 1.807) is 0 Å². The molecule has 0 saturated heterocycles. The third-order valence-electron chi connectivity index (χ3n) is 13.5. The van der Waals surface area contributed by atoms with Crippen molar-refractivity contribution in [3.63, 3.8) is 0 Å². The molecule has 3 aromatic heterocycles. The molecule has 0 bridgehead atoms. The monoisotopic (exact) mass is 820 g/mol. The Bertz CT molecular complexity index is 3810. The summed E-state index contributed by atoms with van der Waals surface area (Å²) in [6, 6.07) is 74.8. The predicted molar refractivity (Wildman–Crippen MR) is 267 cm³/mol. The van der Waals surface area contributed by atoms with Crippen LogP contribution < -0.4 is 10.4 Å². The molecule has 4 heterocycles. The van der Waals surface area contributed by atoms with Crippen molar-refractivity contribution in [2.75, 3.05) is 0 Å². The molecule has 13 rings (SSSR count). The Morgan fingerprint density at radius 1 is 0.365 bits per heavy atom. The molecule has 0 radical (unpaired) electrons. The van der Waals surface area contributed by atoms with Gasteiger partial charge in [0.1, 0.15) is 8.07 Å². The molecule has 0 fully saturated rings. The lowest BCUT2D eigenvalue weighted by molar-refractivity contribution is 1.17. The highest BCUT2D eigenvalue weighted by Crippen LogP contribution is 2.44. The van der Waals surface area contributed by atoms with Crippen LogP contribution in [0.1, 0.15) is 0 Å². The average molecular weight is 821 g/mol. The van der Waals surface area contributed by atoms with Gasteiger partial charge in [-0.15, -0.1) is 0 Å². The minimum absolute atomic E-state index is 0.713. The zero-order chi connectivity index (χ0) is 41.8. The van der Waals surface area contributed by atoms with Crippen LogP contribution in [0.4, 0.5) is 0 Å². The number of benzene rings is 9. The summed E-state index contributed by atoms with van der Waals surface area (Å²) in [6.45, 7) is 5.06. The Labute approximate surface area is 366 Å². The molecule has 9 aromatic carbocycles. The van der Waals surface area contributed by atoms with E-state index in [2.05, 4.69) is 228 Å². The summed E-state index contributed by atoms with van der Waals surface area (Å²) in [5.74, 6) is 0.713. The maximum atomic E-state index is 5.62. The van der Waals surface area contributed by atoms with Gasteiger partial charge >= 0.3 is 0 Å². The summed E-state index contributed by atoms with van der Waals surface area (Å²) >= 11 is 0. The quantitative estimate of drug-likeness (QED) is 0.162. The number of aromatic nitrogens is 4. The van der Waals surface area contributed by atoms with Crippen LogP contribution in [0.5, 0.6) is 0 Å². The summed E-state index contributed by atoms with van der Waals surface area (Å²) in [7, 11) is -2.19. The van der Waals surface area contributed by atoms with Crippen molar-refractivity contribution in [1.82, 2.24) is 19.1 Å². The molecule has 296 valence electrons. The van der Waals surface area contributed by atoms with Crippen molar-refractivity contribution < 1.29 is 0 Å². The summed E-state index contributed by atoms with van der Waals surface area (Å²) < 4.78 is 4.81. The van der Waals surface area contributed by atoms with Crippen molar-refractivity contribution in [1.29, 1.82) is 0 Å². The van der Waals surface area contributed by atoms with Gasteiger partial charge < -0.3 is 9.13 Å². The van der Waals surface area contributed by atoms with Crippen LogP contribution in [0.25, 0.3) is 111 Å². The Morgan fingerprint density at radius 2 is 0.937 bits per heavy atom.